The molecule has 2 aromatic carbocycles. The molecule has 0 bridgehead atoms. The highest BCUT2D eigenvalue weighted by molar-refractivity contribution is 9.10. The normalized spacial score (nSPS) is 14.6. The van der Waals surface area contributed by atoms with E-state index in [0.717, 1.165) is 28.0 Å². The van der Waals surface area contributed by atoms with Crippen molar-refractivity contribution >= 4 is 44.8 Å². The van der Waals surface area contributed by atoms with E-state index in [-0.39, 0.29) is 17.7 Å². The highest BCUT2D eigenvalue weighted by Gasteiger charge is 2.27. The number of carbonyl (C=O) groups is 2. The average molecular weight is 471 g/mol. The van der Waals surface area contributed by atoms with E-state index in [4.69, 9.17) is 0 Å². The Kier molecular flexibility index (Phi) is 6.01. The molecule has 1 saturated heterocycles. The van der Waals surface area contributed by atoms with Gasteiger partial charge in [0.2, 0.25) is 5.01 Å². The van der Waals surface area contributed by atoms with Crippen LogP contribution in [-0.2, 0) is 0 Å². The van der Waals surface area contributed by atoms with Gasteiger partial charge in [-0.2, -0.15) is 0 Å². The number of hydrogen-bond donors (Lipinski definition) is 1. The number of halogens is 1. The molecule has 0 saturated carbocycles. The van der Waals surface area contributed by atoms with E-state index in [1.165, 1.54) is 11.3 Å². The maximum absolute atomic E-state index is 12.7. The van der Waals surface area contributed by atoms with Gasteiger partial charge in [0, 0.05) is 34.7 Å². The minimum Gasteiger partial charge on any atom is -0.339 e. The number of amides is 2. The third-order valence-corrected chi connectivity index (χ3v) is 6.50. The van der Waals surface area contributed by atoms with Crippen molar-refractivity contribution in [3.8, 4) is 0 Å². The molecule has 0 atom stereocenters. The smallest absolute Gasteiger partial charge is 0.286 e. The van der Waals surface area contributed by atoms with Crippen molar-refractivity contribution in [2.45, 2.75) is 18.8 Å². The molecule has 2 amide bonds. The van der Waals surface area contributed by atoms with Gasteiger partial charge in [-0.25, -0.2) is 0 Å². The fourth-order valence-electron chi connectivity index (χ4n) is 3.30. The summed E-state index contributed by atoms with van der Waals surface area (Å²) in [6.07, 6.45) is 1.63. The molecule has 29 heavy (non-hydrogen) atoms. The number of benzene rings is 2. The Morgan fingerprint density at radius 3 is 2.38 bits per heavy atom. The highest BCUT2D eigenvalue weighted by atomic mass is 79.9. The maximum atomic E-state index is 12.7. The van der Waals surface area contributed by atoms with Gasteiger partial charge >= 0.3 is 0 Å². The maximum Gasteiger partial charge on any atom is 0.286 e. The molecule has 6 nitrogen and oxygen atoms in total. The van der Waals surface area contributed by atoms with Crippen LogP contribution in [0.15, 0.2) is 59.1 Å². The fourth-order valence-corrected chi connectivity index (χ4v) is 4.47. The molecule has 1 N–H and O–H groups in total. The van der Waals surface area contributed by atoms with Crippen molar-refractivity contribution in [3.63, 3.8) is 0 Å². The second kappa shape index (κ2) is 8.84. The number of nitrogens with zero attached hydrogens (tertiary/aromatic N) is 3. The lowest BCUT2D eigenvalue weighted by Crippen LogP contribution is -2.37. The van der Waals surface area contributed by atoms with Crippen LogP contribution < -0.4 is 5.32 Å². The summed E-state index contributed by atoms with van der Waals surface area (Å²) in [6.45, 7) is 1.34. The summed E-state index contributed by atoms with van der Waals surface area (Å²) in [5.41, 5.74) is 1.43. The summed E-state index contributed by atoms with van der Waals surface area (Å²) in [7, 11) is 0. The van der Waals surface area contributed by atoms with Crippen molar-refractivity contribution < 1.29 is 9.59 Å². The molecule has 1 aliphatic rings. The Bertz CT molecular complexity index is 999. The Hall–Kier alpha value is -2.58. The molecule has 0 aliphatic carbocycles. The molecule has 8 heteroatoms. The van der Waals surface area contributed by atoms with E-state index in [0.29, 0.717) is 23.7 Å². The van der Waals surface area contributed by atoms with Crippen molar-refractivity contribution in [2.24, 2.45) is 0 Å². The van der Waals surface area contributed by atoms with Crippen LogP contribution in [-0.4, -0.2) is 40.0 Å². The van der Waals surface area contributed by atoms with Gasteiger partial charge in [-0.3, -0.25) is 9.59 Å². The minimum atomic E-state index is -0.247. The zero-order valence-corrected chi connectivity index (χ0v) is 17.9. The zero-order valence-electron chi connectivity index (χ0n) is 15.5. The van der Waals surface area contributed by atoms with Crippen LogP contribution in [0.5, 0.6) is 0 Å². The van der Waals surface area contributed by atoms with Crippen molar-refractivity contribution in [2.75, 3.05) is 18.4 Å². The number of para-hydroxylation sites is 1. The molecule has 2 heterocycles. The van der Waals surface area contributed by atoms with Crippen molar-refractivity contribution in [3.05, 3.63) is 74.6 Å². The SMILES string of the molecule is O=C(Nc1ccccc1)c1nnc(C2CCN(C(=O)c3ccc(Br)cc3)CC2)s1. The lowest BCUT2D eigenvalue weighted by molar-refractivity contribution is 0.0712. The van der Waals surface area contributed by atoms with Gasteiger partial charge < -0.3 is 10.2 Å². The Balaban J connectivity index is 1.35. The van der Waals surface area contributed by atoms with Crippen molar-refractivity contribution in [1.29, 1.82) is 0 Å². The second-order valence-electron chi connectivity index (χ2n) is 6.84. The summed E-state index contributed by atoms with van der Waals surface area (Å²) in [4.78, 5) is 26.9. The molecule has 0 unspecified atom stereocenters. The van der Waals surface area contributed by atoms with Crippen LogP contribution in [0, 0.1) is 0 Å². The van der Waals surface area contributed by atoms with Crippen LogP contribution in [0.1, 0.15) is 43.9 Å². The first-order valence-electron chi connectivity index (χ1n) is 9.35. The number of nitrogens with one attached hydrogen (secondary N) is 1. The van der Waals surface area contributed by atoms with E-state index >= 15 is 0 Å². The standard InChI is InChI=1S/C21H19BrN4O2S/c22-16-8-6-15(7-9-16)21(28)26-12-10-14(11-13-26)19-24-25-20(29-19)18(27)23-17-4-2-1-3-5-17/h1-9,14H,10-13H2,(H,23,27). The molecule has 4 rings (SSSR count). The number of likely N-dealkylation sites (tertiary alicyclic amines) is 1. The van der Waals surface area contributed by atoms with Crippen LogP contribution in [0.3, 0.4) is 0 Å². The largest absolute Gasteiger partial charge is 0.339 e. The lowest BCUT2D eigenvalue weighted by atomic mass is 9.97. The van der Waals surface area contributed by atoms with E-state index < -0.39 is 0 Å². The number of hydrogen-bond acceptors (Lipinski definition) is 5. The lowest BCUT2D eigenvalue weighted by Gasteiger charge is -2.31. The predicted octanol–water partition coefficient (Wildman–Crippen LogP) is 4.57. The summed E-state index contributed by atoms with van der Waals surface area (Å²) in [5, 5.41) is 12.4. The molecule has 0 radical (unpaired) electrons. The molecule has 1 aromatic heterocycles. The third kappa shape index (κ3) is 4.71. The van der Waals surface area contributed by atoms with Crippen LogP contribution in [0.25, 0.3) is 0 Å². The summed E-state index contributed by atoms with van der Waals surface area (Å²) < 4.78 is 0.955. The first-order chi connectivity index (χ1) is 14.1. The van der Waals surface area contributed by atoms with Gasteiger partial charge in [0.1, 0.15) is 5.01 Å². The number of anilines is 1. The van der Waals surface area contributed by atoms with Gasteiger partial charge in [0.15, 0.2) is 0 Å². The van der Waals surface area contributed by atoms with Crippen molar-refractivity contribution in [1.82, 2.24) is 15.1 Å². The van der Waals surface area contributed by atoms with Crippen LogP contribution in [0.2, 0.25) is 0 Å². The average Bonchev–Trinajstić information content (AvgIpc) is 3.25. The number of rotatable bonds is 4. The van der Waals surface area contributed by atoms with Gasteiger partial charge in [-0.15, -0.1) is 10.2 Å². The monoisotopic (exact) mass is 470 g/mol. The molecule has 1 aliphatic heterocycles. The zero-order chi connectivity index (χ0) is 20.2. The number of carbonyl (C=O) groups excluding carboxylic acids is 2. The quantitative estimate of drug-likeness (QED) is 0.605. The van der Waals surface area contributed by atoms with Gasteiger partial charge in [0.05, 0.1) is 0 Å². The third-order valence-electron chi connectivity index (χ3n) is 4.89. The number of piperidine rings is 1. The van der Waals surface area contributed by atoms with Gasteiger partial charge in [-0.1, -0.05) is 45.5 Å². The van der Waals surface area contributed by atoms with E-state index in [1.54, 1.807) is 0 Å². The first kappa shape index (κ1) is 19.7. The van der Waals surface area contributed by atoms with E-state index in [2.05, 4.69) is 31.4 Å². The van der Waals surface area contributed by atoms with Crippen LogP contribution >= 0.6 is 27.3 Å². The molecular weight excluding hydrogens is 452 g/mol. The Labute approximate surface area is 181 Å². The van der Waals surface area contributed by atoms with E-state index in [1.807, 2.05) is 59.5 Å². The topological polar surface area (TPSA) is 75.2 Å². The van der Waals surface area contributed by atoms with E-state index in [9.17, 15) is 9.59 Å². The highest BCUT2D eigenvalue weighted by Crippen LogP contribution is 2.31. The molecule has 0 spiro atoms. The Morgan fingerprint density at radius 2 is 1.69 bits per heavy atom. The molecule has 148 valence electrons. The minimum absolute atomic E-state index is 0.0520. The summed E-state index contributed by atoms with van der Waals surface area (Å²) >= 11 is 4.72. The Morgan fingerprint density at radius 1 is 1.00 bits per heavy atom. The predicted molar refractivity (Wildman–Crippen MR) is 116 cm³/mol. The number of aromatic nitrogens is 2. The first-order valence-corrected chi connectivity index (χ1v) is 11.0. The van der Waals surface area contributed by atoms with Crippen LogP contribution in [0.4, 0.5) is 5.69 Å². The van der Waals surface area contributed by atoms with Gasteiger partial charge in [0.25, 0.3) is 11.8 Å². The molecular formula is C21H19BrN4O2S. The fraction of sp³-hybridized carbons (Fsp3) is 0.238. The molecule has 1 fully saturated rings. The molecule has 3 aromatic rings. The second-order valence-corrected chi connectivity index (χ2v) is 8.76. The summed E-state index contributed by atoms with van der Waals surface area (Å²) in [5.74, 6) is 0.0266. The van der Waals surface area contributed by atoms with Gasteiger partial charge in [-0.05, 0) is 49.2 Å². The summed E-state index contributed by atoms with van der Waals surface area (Å²) in [6, 6.07) is 16.7.